The van der Waals surface area contributed by atoms with Crippen LogP contribution in [0.25, 0.3) is 0 Å². The topological polar surface area (TPSA) is 71.2 Å². The molecule has 1 fully saturated rings. The van der Waals surface area contributed by atoms with Crippen molar-refractivity contribution in [3.05, 3.63) is 23.9 Å². The van der Waals surface area contributed by atoms with Crippen molar-refractivity contribution in [2.45, 2.75) is 51.4 Å². The first-order chi connectivity index (χ1) is 11.7. The van der Waals surface area contributed by atoms with Gasteiger partial charge in [0.1, 0.15) is 5.82 Å². The molecular weight excluding hydrogens is 333 g/mol. The van der Waals surface area contributed by atoms with E-state index in [-0.39, 0.29) is 11.9 Å². The lowest BCUT2D eigenvalue weighted by Gasteiger charge is -2.33. The lowest BCUT2D eigenvalue weighted by molar-refractivity contribution is -0.137. The highest BCUT2D eigenvalue weighted by molar-refractivity contribution is 5.81. The third kappa shape index (κ3) is 5.59. The number of carbonyl (C=O) groups is 1. The number of alkyl halides is 3. The normalized spacial score (nSPS) is 17.6. The van der Waals surface area contributed by atoms with E-state index in [4.69, 9.17) is 5.73 Å². The zero-order valence-corrected chi connectivity index (χ0v) is 14.5. The summed E-state index contributed by atoms with van der Waals surface area (Å²) in [6.45, 7) is 5.29. The summed E-state index contributed by atoms with van der Waals surface area (Å²) in [6, 6.07) is 1.97. The molecule has 5 nitrogen and oxygen atoms in total. The van der Waals surface area contributed by atoms with Gasteiger partial charge in [-0.25, -0.2) is 4.98 Å². The predicted molar refractivity (Wildman–Crippen MR) is 90.0 cm³/mol. The Labute approximate surface area is 145 Å². The highest BCUT2D eigenvalue weighted by Gasteiger charge is 2.31. The van der Waals surface area contributed by atoms with Gasteiger partial charge in [-0.3, -0.25) is 4.79 Å². The molecule has 25 heavy (non-hydrogen) atoms. The molecule has 1 saturated heterocycles. The maximum atomic E-state index is 12.6. The maximum Gasteiger partial charge on any atom is 0.417 e. The van der Waals surface area contributed by atoms with Gasteiger partial charge in [0.15, 0.2) is 0 Å². The van der Waals surface area contributed by atoms with Gasteiger partial charge in [0.05, 0.1) is 11.6 Å². The molecule has 0 unspecified atom stereocenters. The fourth-order valence-electron chi connectivity index (χ4n) is 2.92. The number of carbonyl (C=O) groups excluding carboxylic acids is 1. The number of amides is 1. The number of halogens is 3. The van der Waals surface area contributed by atoms with Gasteiger partial charge in [0, 0.05) is 25.3 Å². The minimum absolute atomic E-state index is 0.0383. The number of aromatic nitrogens is 1. The Bertz CT molecular complexity index is 566. The average Bonchev–Trinajstić information content (AvgIpc) is 2.54. The second-order valence-corrected chi connectivity index (χ2v) is 6.91. The van der Waals surface area contributed by atoms with Gasteiger partial charge >= 0.3 is 6.18 Å². The molecule has 0 spiro atoms. The average molecular weight is 358 g/mol. The van der Waals surface area contributed by atoms with Crippen molar-refractivity contribution in [1.82, 2.24) is 10.3 Å². The fourth-order valence-corrected chi connectivity index (χ4v) is 2.92. The molecule has 0 bridgehead atoms. The summed E-state index contributed by atoms with van der Waals surface area (Å²) in [5, 5.41) is 2.97. The van der Waals surface area contributed by atoms with Crippen LogP contribution in [0.4, 0.5) is 19.0 Å². The Hall–Kier alpha value is -1.83. The van der Waals surface area contributed by atoms with E-state index in [1.54, 1.807) is 0 Å². The van der Waals surface area contributed by atoms with E-state index < -0.39 is 17.8 Å². The number of hydrogen-bond donors (Lipinski definition) is 2. The van der Waals surface area contributed by atoms with Crippen LogP contribution in [0.2, 0.25) is 0 Å². The summed E-state index contributed by atoms with van der Waals surface area (Å²) >= 11 is 0. The first-order valence-corrected chi connectivity index (χ1v) is 8.51. The number of anilines is 1. The van der Waals surface area contributed by atoms with Gasteiger partial charge in [-0.2, -0.15) is 13.2 Å². The van der Waals surface area contributed by atoms with Crippen molar-refractivity contribution in [2.24, 2.45) is 11.7 Å². The Morgan fingerprint density at radius 1 is 1.36 bits per heavy atom. The molecule has 1 amide bonds. The summed E-state index contributed by atoms with van der Waals surface area (Å²) in [5.41, 5.74) is 5.13. The zero-order chi connectivity index (χ0) is 18.6. The van der Waals surface area contributed by atoms with E-state index in [0.717, 1.165) is 12.3 Å². The maximum absolute atomic E-state index is 12.6. The van der Waals surface area contributed by atoms with Crippen LogP contribution in [0.1, 0.15) is 38.7 Å². The Morgan fingerprint density at radius 3 is 2.48 bits per heavy atom. The number of rotatable bonds is 5. The number of nitrogens with two attached hydrogens (primary N) is 1. The SMILES string of the molecule is CC(C)C[C@H](N)C(=O)NC1CCN(c2ccc(C(F)(F)F)cn2)CC1. The third-order valence-electron chi connectivity index (χ3n) is 4.30. The number of pyridine rings is 1. The van der Waals surface area contributed by atoms with E-state index in [9.17, 15) is 18.0 Å². The van der Waals surface area contributed by atoms with Crippen molar-refractivity contribution < 1.29 is 18.0 Å². The van der Waals surface area contributed by atoms with Crippen molar-refractivity contribution >= 4 is 11.7 Å². The molecule has 2 rings (SSSR count). The Morgan fingerprint density at radius 2 is 2.00 bits per heavy atom. The summed E-state index contributed by atoms with van der Waals surface area (Å²) in [5.74, 6) is 0.738. The summed E-state index contributed by atoms with van der Waals surface area (Å²) in [7, 11) is 0. The van der Waals surface area contributed by atoms with Gasteiger partial charge in [-0.1, -0.05) is 13.8 Å². The molecule has 0 saturated carbocycles. The van der Waals surface area contributed by atoms with Crippen molar-refractivity contribution in [3.63, 3.8) is 0 Å². The number of hydrogen-bond acceptors (Lipinski definition) is 4. The van der Waals surface area contributed by atoms with Crippen molar-refractivity contribution in [2.75, 3.05) is 18.0 Å². The summed E-state index contributed by atoms with van der Waals surface area (Å²) in [4.78, 5) is 17.9. The molecule has 2 heterocycles. The molecule has 1 aromatic rings. The molecule has 0 radical (unpaired) electrons. The molecule has 140 valence electrons. The van der Waals surface area contributed by atoms with Gasteiger partial charge in [-0.15, -0.1) is 0 Å². The Kier molecular flexibility index (Phi) is 6.26. The monoisotopic (exact) mass is 358 g/mol. The lowest BCUT2D eigenvalue weighted by Crippen LogP contribution is -2.50. The first kappa shape index (κ1) is 19.5. The van der Waals surface area contributed by atoms with E-state index in [2.05, 4.69) is 10.3 Å². The summed E-state index contributed by atoms with van der Waals surface area (Å²) in [6.07, 6.45) is -1.46. The third-order valence-corrected chi connectivity index (χ3v) is 4.30. The van der Waals surface area contributed by atoms with Gasteiger partial charge < -0.3 is 16.0 Å². The second kappa shape index (κ2) is 8.03. The van der Waals surface area contributed by atoms with Gasteiger partial charge in [-0.05, 0) is 37.3 Å². The highest BCUT2D eigenvalue weighted by atomic mass is 19.4. The Balaban J connectivity index is 1.84. The predicted octanol–water partition coefficient (Wildman–Crippen LogP) is 2.56. The largest absolute Gasteiger partial charge is 0.417 e. The molecule has 1 atom stereocenters. The molecule has 3 N–H and O–H groups in total. The second-order valence-electron chi connectivity index (χ2n) is 6.91. The molecular formula is C17H25F3N4O. The van der Waals surface area contributed by atoms with Crippen LogP contribution >= 0.6 is 0 Å². The van der Waals surface area contributed by atoms with E-state index in [1.807, 2.05) is 18.7 Å². The van der Waals surface area contributed by atoms with Gasteiger partial charge in [0.2, 0.25) is 5.91 Å². The van der Waals surface area contributed by atoms with Crippen LogP contribution < -0.4 is 16.0 Å². The minimum atomic E-state index is -4.38. The standard InChI is InChI=1S/C17H25F3N4O/c1-11(2)9-14(21)16(25)23-13-5-7-24(8-6-13)15-4-3-12(10-22-15)17(18,19)20/h3-4,10-11,13-14H,5-9,21H2,1-2H3,(H,23,25)/t14-/m0/s1. The fraction of sp³-hybridized carbons (Fsp3) is 0.647. The van der Waals surface area contributed by atoms with Crippen LogP contribution in [0.5, 0.6) is 0 Å². The highest BCUT2D eigenvalue weighted by Crippen LogP contribution is 2.29. The number of nitrogens with one attached hydrogen (secondary N) is 1. The van der Waals surface area contributed by atoms with Crippen LogP contribution in [0, 0.1) is 5.92 Å². The van der Waals surface area contributed by atoms with Crippen LogP contribution in [-0.2, 0) is 11.0 Å². The van der Waals surface area contributed by atoms with E-state index >= 15 is 0 Å². The number of piperidine rings is 1. The lowest BCUT2D eigenvalue weighted by atomic mass is 10.0. The molecule has 1 aliphatic rings. The van der Waals surface area contributed by atoms with E-state index in [0.29, 0.717) is 44.1 Å². The molecule has 0 aromatic carbocycles. The van der Waals surface area contributed by atoms with Crippen LogP contribution in [0.3, 0.4) is 0 Å². The molecule has 1 aromatic heterocycles. The molecule has 1 aliphatic heterocycles. The van der Waals surface area contributed by atoms with Gasteiger partial charge in [0.25, 0.3) is 0 Å². The number of nitrogens with zero attached hydrogens (tertiary/aromatic N) is 2. The zero-order valence-electron chi connectivity index (χ0n) is 14.5. The van der Waals surface area contributed by atoms with Crippen LogP contribution in [-0.4, -0.2) is 36.1 Å². The quantitative estimate of drug-likeness (QED) is 0.849. The van der Waals surface area contributed by atoms with Crippen molar-refractivity contribution in [3.8, 4) is 0 Å². The molecule has 0 aliphatic carbocycles. The first-order valence-electron chi connectivity index (χ1n) is 8.51. The van der Waals surface area contributed by atoms with Crippen molar-refractivity contribution in [1.29, 1.82) is 0 Å². The smallest absolute Gasteiger partial charge is 0.356 e. The van der Waals surface area contributed by atoms with Crippen LogP contribution in [0.15, 0.2) is 18.3 Å². The minimum Gasteiger partial charge on any atom is -0.356 e. The summed E-state index contributed by atoms with van der Waals surface area (Å²) < 4.78 is 37.7. The van der Waals surface area contributed by atoms with E-state index in [1.165, 1.54) is 6.07 Å². The molecule has 8 heteroatoms.